The molecule has 12 nitrogen and oxygen atoms in total. The smallest absolute Gasteiger partial charge is 0.352 e. The van der Waals surface area contributed by atoms with Gasteiger partial charge in [0.25, 0.3) is 0 Å². The summed E-state index contributed by atoms with van der Waals surface area (Å²) >= 11 is 0. The molecule has 0 bridgehead atoms. The van der Waals surface area contributed by atoms with Crippen LogP contribution in [0.4, 0.5) is 0 Å². The molecule has 0 radical (unpaired) electrons. The van der Waals surface area contributed by atoms with Crippen molar-refractivity contribution in [1.29, 1.82) is 0 Å². The molecule has 0 atom stereocenters. The molecular weight excluding hydrogens is 2120 g/mol. The molecule has 0 N–H and O–H groups in total. The molecule has 0 amide bonds. The maximum atomic E-state index is 4.96. The first-order valence-corrected chi connectivity index (χ1v) is 42.1. The zero-order valence-electron chi connectivity index (χ0n) is 68.4. The normalized spacial score (nSPS) is 11.5. The van der Waals surface area contributed by atoms with Crippen molar-refractivity contribution in [1.82, 2.24) is 57.3 Å². The summed E-state index contributed by atoms with van der Waals surface area (Å²) in [7, 11) is 0. The molecule has 0 aliphatic carbocycles. The monoisotopic (exact) mass is 2190 g/mol. The van der Waals surface area contributed by atoms with Gasteiger partial charge in [-0.2, -0.15) is 18.2 Å². The standard InChI is InChI=1S/3C38H22N4.3Pt/c1-4-12-32-25(9-1)17-21-33(40-32)26-16-19-30-28-10-2-5-13-34(28)41(36(30)23-26)27-18-20-31-29-11-3-6-14-35(29)42(37(31)24-27)38-15-7-8-22-39-38;1-2-10-28-25(9-1)20-22-40-38(28)26-16-18-31-29-11-3-5-13-33(29)41(35(31)23-26)27-17-19-32-30-12-4-6-14-34(30)42(36(32)24-27)37-15-7-8-21-39-37;1-2-10-27-24-40-33(21-25(27)9-1)26-16-18-31-29-11-3-5-13-34(29)41(36(31)22-26)28-17-19-32-30-12-4-6-14-35(30)42(37(32)23-28)38-15-7-8-20-39-38;;;/h2*1-22H;1-21,24H;;;/q3*-2;3*+2. The number of para-hydroxylation sites is 7. The van der Waals surface area contributed by atoms with Crippen molar-refractivity contribution in [2.75, 3.05) is 0 Å². The van der Waals surface area contributed by atoms with E-state index in [-0.39, 0.29) is 63.2 Å². The zero-order chi connectivity index (χ0) is 82.9. The van der Waals surface area contributed by atoms with Gasteiger partial charge in [0.2, 0.25) is 0 Å². The van der Waals surface area contributed by atoms with Crippen LogP contribution in [0.2, 0.25) is 0 Å². The van der Waals surface area contributed by atoms with E-state index < -0.39 is 0 Å². The average Bonchev–Trinajstić information content (AvgIpc) is 1.58. The topological polar surface area (TPSA) is 107 Å². The van der Waals surface area contributed by atoms with Gasteiger partial charge in [0.05, 0.1) is 5.52 Å². The molecule has 612 valence electrons. The van der Waals surface area contributed by atoms with Gasteiger partial charge < -0.3 is 37.4 Å². The van der Waals surface area contributed by atoms with Crippen molar-refractivity contribution in [2.24, 2.45) is 0 Å². The molecule has 0 unspecified atom stereocenters. The molecule has 15 aromatic carbocycles. The van der Waals surface area contributed by atoms with Gasteiger partial charge >= 0.3 is 63.2 Å². The third-order valence-corrected chi connectivity index (χ3v) is 24.5. The number of hydrogen-bond donors (Lipinski definition) is 0. The van der Waals surface area contributed by atoms with Crippen LogP contribution >= 0.6 is 0 Å². The van der Waals surface area contributed by atoms with Gasteiger partial charge in [0, 0.05) is 64.1 Å². The van der Waals surface area contributed by atoms with E-state index in [1.54, 1.807) is 0 Å². The third-order valence-electron chi connectivity index (χ3n) is 24.5. The average molecular weight is 2190 g/mol. The minimum absolute atomic E-state index is 0. The summed E-state index contributed by atoms with van der Waals surface area (Å²) < 4.78 is 13.4. The van der Waals surface area contributed by atoms with Crippen molar-refractivity contribution in [2.45, 2.75) is 0 Å². The Kier molecular flexibility index (Phi) is 20.4. The van der Waals surface area contributed by atoms with E-state index in [9.17, 15) is 0 Å². The van der Waals surface area contributed by atoms with Gasteiger partial charge in [0.1, 0.15) is 17.5 Å². The second-order valence-corrected chi connectivity index (χ2v) is 31.6. The van der Waals surface area contributed by atoms with Crippen LogP contribution in [0, 0.1) is 36.4 Å². The number of aromatic nitrogens is 12. The van der Waals surface area contributed by atoms with Crippen molar-refractivity contribution in [3.63, 3.8) is 0 Å². The second kappa shape index (κ2) is 33.0. The molecule has 0 aliphatic rings. The molecule has 129 heavy (non-hydrogen) atoms. The molecule has 12 heterocycles. The largest absolute Gasteiger partial charge is 2.00 e. The molecule has 0 saturated carbocycles. The van der Waals surface area contributed by atoms with Gasteiger partial charge in [-0.1, -0.05) is 262 Å². The van der Waals surface area contributed by atoms with E-state index in [0.29, 0.717) is 0 Å². The van der Waals surface area contributed by atoms with E-state index in [2.05, 4.69) is 361 Å². The van der Waals surface area contributed by atoms with E-state index in [4.69, 9.17) is 29.9 Å². The van der Waals surface area contributed by atoms with Crippen LogP contribution in [0.1, 0.15) is 0 Å². The van der Waals surface area contributed by atoms with E-state index in [1.165, 1.54) is 32.3 Å². The maximum absolute atomic E-state index is 4.96. The van der Waals surface area contributed by atoms with Gasteiger partial charge in [0.15, 0.2) is 0 Å². The molecule has 0 aliphatic heterocycles. The van der Waals surface area contributed by atoms with Gasteiger partial charge in [-0.05, 0) is 178 Å². The van der Waals surface area contributed by atoms with Gasteiger partial charge in [-0.25, -0.2) is 15.0 Å². The fourth-order valence-corrected chi connectivity index (χ4v) is 18.9. The Balaban J connectivity index is 0.000000112. The summed E-state index contributed by atoms with van der Waals surface area (Å²) in [6.45, 7) is 0. The van der Waals surface area contributed by atoms with Crippen LogP contribution in [0.25, 0.3) is 232 Å². The van der Waals surface area contributed by atoms with Crippen molar-refractivity contribution < 1.29 is 63.2 Å². The molecule has 0 fully saturated rings. The fraction of sp³-hybridized carbons (Fsp3) is 0. The van der Waals surface area contributed by atoms with E-state index in [0.717, 1.165) is 199 Å². The maximum Gasteiger partial charge on any atom is 2.00 e. The summed E-state index contributed by atoms with van der Waals surface area (Å²) in [6.07, 6.45) is 9.33. The Morgan fingerprint density at radius 2 is 0.519 bits per heavy atom. The van der Waals surface area contributed by atoms with Crippen molar-refractivity contribution >= 4 is 163 Å². The first kappa shape index (κ1) is 79.7. The SMILES string of the molecule is [Pt+2].[Pt+2].[Pt+2].[c-]1c(-c2cc3ccccc3cn2)ccc2c3ccccc3n(-c3[c-]c4c(cc3)c3ccccc3n4-c3ccccn3)c12.[c-]1c(-c2ccc3ccccc3n2)ccc2c3ccccc3n(-c3[c-]c4c(cc3)c3ccccc3n4-c3ccccn3)c12.[c-]1c(-c2nccc3ccccc23)ccc2c3ccccc3n(-c3[c-]c4c(cc3)c3ccccc3n4-c3ccccn3)c12. The zero-order valence-corrected chi connectivity index (χ0v) is 75.2. The van der Waals surface area contributed by atoms with Crippen molar-refractivity contribution in [3.8, 4) is 68.3 Å². The third kappa shape index (κ3) is 13.4. The van der Waals surface area contributed by atoms with Crippen LogP contribution in [0.5, 0.6) is 0 Å². The summed E-state index contributed by atoms with van der Waals surface area (Å²) in [5, 5.41) is 19.7. The second-order valence-electron chi connectivity index (χ2n) is 31.6. The van der Waals surface area contributed by atoms with Crippen LogP contribution in [-0.4, -0.2) is 57.3 Å². The van der Waals surface area contributed by atoms with Gasteiger partial charge in [-0.15, -0.1) is 124 Å². The van der Waals surface area contributed by atoms with E-state index >= 15 is 0 Å². The van der Waals surface area contributed by atoms with Gasteiger partial charge in [-0.3, -0.25) is 4.98 Å². The minimum atomic E-state index is 0. The predicted octanol–water partition coefficient (Wildman–Crippen LogP) is 27.3. The first-order chi connectivity index (χ1) is 62.5. The molecule has 12 aromatic heterocycles. The Morgan fingerprint density at radius 3 is 0.938 bits per heavy atom. The molecule has 0 spiro atoms. The Bertz CT molecular complexity index is 8720. The summed E-state index contributed by atoms with van der Waals surface area (Å²) in [5.41, 5.74) is 22.1. The minimum Gasteiger partial charge on any atom is -0.352 e. The van der Waals surface area contributed by atoms with E-state index in [1.807, 2.05) is 104 Å². The number of fused-ring (bicyclic) bond motifs is 21. The summed E-state index contributed by atoms with van der Waals surface area (Å²) in [5.74, 6) is 2.61. The Hall–Kier alpha value is -15.2. The number of hydrogen-bond acceptors (Lipinski definition) is 6. The number of benzene rings is 15. The van der Waals surface area contributed by atoms with Crippen LogP contribution < -0.4 is 0 Å². The first-order valence-electron chi connectivity index (χ1n) is 42.1. The molecular formula is C114H66N12Pt3. The summed E-state index contributed by atoms with van der Waals surface area (Å²) in [6, 6.07) is 151. The van der Waals surface area contributed by atoms with Crippen LogP contribution in [0.3, 0.4) is 0 Å². The molecule has 27 rings (SSSR count). The number of nitrogens with zero attached hydrogens (tertiary/aromatic N) is 12. The number of pyridine rings is 6. The fourth-order valence-electron chi connectivity index (χ4n) is 18.9. The molecule has 27 aromatic rings. The molecule has 0 saturated heterocycles. The quantitative estimate of drug-likeness (QED) is 0.133. The Morgan fingerprint density at radius 1 is 0.194 bits per heavy atom. The summed E-state index contributed by atoms with van der Waals surface area (Å²) in [4.78, 5) is 28.7. The van der Waals surface area contributed by atoms with Crippen LogP contribution in [-0.2, 0) is 63.2 Å². The van der Waals surface area contributed by atoms with Crippen molar-refractivity contribution in [3.05, 3.63) is 437 Å². The Labute approximate surface area is 782 Å². The van der Waals surface area contributed by atoms with Crippen LogP contribution in [0.15, 0.2) is 401 Å². The predicted molar refractivity (Wildman–Crippen MR) is 514 cm³/mol. The number of rotatable bonds is 9. The molecule has 15 heteroatoms.